The highest BCUT2D eigenvalue weighted by Gasteiger charge is 2.29. The number of hydrogen-bond acceptors (Lipinski definition) is 5. The summed E-state index contributed by atoms with van der Waals surface area (Å²) < 4.78 is 32.5. The van der Waals surface area contributed by atoms with Crippen molar-refractivity contribution >= 4 is 27.3 Å². The molecular weight excluding hydrogens is 396 g/mol. The third-order valence-electron chi connectivity index (χ3n) is 4.97. The fraction of sp³-hybridized carbons (Fsp3) is 0.250. The molecule has 0 bridgehead atoms. The maximum Gasteiger partial charge on any atom is 0.254 e. The molecule has 3 aromatic rings. The van der Waals surface area contributed by atoms with E-state index in [1.807, 2.05) is 11.8 Å². The third kappa shape index (κ3) is 3.63. The second-order valence-electron chi connectivity index (χ2n) is 6.65. The quantitative estimate of drug-likeness (QED) is 0.689. The predicted molar refractivity (Wildman–Crippen MR) is 107 cm³/mol. The van der Waals surface area contributed by atoms with Crippen molar-refractivity contribution in [2.24, 2.45) is 0 Å². The average Bonchev–Trinajstić information content (AvgIpc) is 3.38. The van der Waals surface area contributed by atoms with Gasteiger partial charge in [0.05, 0.1) is 23.7 Å². The lowest BCUT2D eigenvalue weighted by atomic mass is 10.0. The van der Waals surface area contributed by atoms with Crippen molar-refractivity contribution in [3.8, 4) is 0 Å². The SMILES string of the molecule is C[C@H]1c2ccsc2CCN1C(=O)c1ccc(S(=O)(=O)NCc2ccco2)cc1. The molecule has 0 saturated carbocycles. The van der Waals surface area contributed by atoms with Crippen molar-refractivity contribution in [3.63, 3.8) is 0 Å². The fourth-order valence-corrected chi connectivity index (χ4v) is 5.35. The largest absolute Gasteiger partial charge is 0.468 e. The minimum absolute atomic E-state index is 0.0147. The molecule has 1 aliphatic heterocycles. The van der Waals surface area contributed by atoms with Gasteiger partial charge < -0.3 is 9.32 Å². The summed E-state index contributed by atoms with van der Waals surface area (Å²) in [7, 11) is -3.68. The Morgan fingerprint density at radius 1 is 1.25 bits per heavy atom. The Morgan fingerprint density at radius 3 is 2.75 bits per heavy atom. The van der Waals surface area contributed by atoms with E-state index in [2.05, 4.69) is 16.2 Å². The summed E-state index contributed by atoms with van der Waals surface area (Å²) in [6.45, 7) is 2.77. The van der Waals surface area contributed by atoms with Crippen LogP contribution in [-0.4, -0.2) is 25.8 Å². The van der Waals surface area contributed by atoms with Crippen LogP contribution < -0.4 is 4.72 Å². The minimum Gasteiger partial charge on any atom is -0.468 e. The summed E-state index contributed by atoms with van der Waals surface area (Å²) in [5.74, 6) is 0.444. The Morgan fingerprint density at radius 2 is 2.04 bits per heavy atom. The molecule has 1 atom stereocenters. The molecule has 3 heterocycles. The molecule has 1 amide bonds. The number of carbonyl (C=O) groups excluding carboxylic acids is 1. The number of benzene rings is 1. The maximum atomic E-state index is 12.9. The van der Waals surface area contributed by atoms with Crippen LogP contribution in [0.1, 0.15) is 39.5 Å². The van der Waals surface area contributed by atoms with Crippen LogP contribution in [0, 0.1) is 0 Å². The lowest BCUT2D eigenvalue weighted by Crippen LogP contribution is -2.38. The number of carbonyl (C=O) groups is 1. The summed E-state index contributed by atoms with van der Waals surface area (Å²) in [5, 5.41) is 2.06. The molecule has 1 N–H and O–H groups in total. The number of furan rings is 1. The molecule has 1 aromatic carbocycles. The molecule has 4 rings (SSSR count). The Balaban J connectivity index is 1.48. The molecule has 0 saturated heterocycles. The van der Waals surface area contributed by atoms with Crippen molar-refractivity contribution in [3.05, 3.63) is 75.9 Å². The molecule has 6 nitrogen and oxygen atoms in total. The van der Waals surface area contributed by atoms with Crippen LogP contribution in [0.25, 0.3) is 0 Å². The summed E-state index contributed by atoms with van der Waals surface area (Å²) in [6.07, 6.45) is 2.34. The average molecular weight is 417 g/mol. The number of hydrogen-bond donors (Lipinski definition) is 1. The van der Waals surface area contributed by atoms with E-state index in [-0.39, 0.29) is 23.4 Å². The van der Waals surface area contributed by atoms with E-state index in [9.17, 15) is 13.2 Å². The molecule has 2 aromatic heterocycles. The number of fused-ring (bicyclic) bond motifs is 1. The van der Waals surface area contributed by atoms with Crippen LogP contribution in [0.2, 0.25) is 0 Å². The van der Waals surface area contributed by atoms with Gasteiger partial charge in [-0.2, -0.15) is 0 Å². The van der Waals surface area contributed by atoms with E-state index >= 15 is 0 Å². The summed E-state index contributed by atoms with van der Waals surface area (Å²) in [4.78, 5) is 16.2. The summed E-state index contributed by atoms with van der Waals surface area (Å²) in [6, 6.07) is 11.5. The van der Waals surface area contributed by atoms with Crippen LogP contribution >= 0.6 is 11.3 Å². The topological polar surface area (TPSA) is 79.6 Å². The number of nitrogens with zero attached hydrogens (tertiary/aromatic N) is 1. The van der Waals surface area contributed by atoms with E-state index in [4.69, 9.17) is 4.42 Å². The van der Waals surface area contributed by atoms with Gasteiger partial charge in [0.1, 0.15) is 5.76 Å². The first-order valence-electron chi connectivity index (χ1n) is 8.95. The maximum absolute atomic E-state index is 12.9. The van der Waals surface area contributed by atoms with Crippen LogP contribution in [0.4, 0.5) is 0 Å². The normalized spacial score (nSPS) is 16.8. The van der Waals surface area contributed by atoms with E-state index in [0.717, 1.165) is 6.42 Å². The third-order valence-corrected chi connectivity index (χ3v) is 7.38. The number of rotatable bonds is 5. The zero-order valence-corrected chi connectivity index (χ0v) is 16.9. The minimum atomic E-state index is -3.68. The van der Waals surface area contributed by atoms with Gasteiger partial charge in [0.2, 0.25) is 10.0 Å². The molecule has 0 radical (unpaired) electrons. The van der Waals surface area contributed by atoms with Gasteiger partial charge in [-0.05, 0) is 66.8 Å². The van der Waals surface area contributed by atoms with Crippen molar-refractivity contribution in [1.82, 2.24) is 9.62 Å². The lowest BCUT2D eigenvalue weighted by Gasteiger charge is -2.33. The van der Waals surface area contributed by atoms with Gasteiger partial charge in [-0.25, -0.2) is 13.1 Å². The standard InChI is InChI=1S/C20H20N2O4S2/c1-14-18-9-12-27-19(18)8-10-22(14)20(23)15-4-6-17(7-5-15)28(24,25)21-13-16-3-2-11-26-16/h2-7,9,11-12,14,21H,8,10,13H2,1H3/t14-/m0/s1. The molecule has 0 unspecified atom stereocenters. The van der Waals surface area contributed by atoms with Crippen LogP contribution in [0.5, 0.6) is 0 Å². The first-order valence-corrected chi connectivity index (χ1v) is 11.3. The highest BCUT2D eigenvalue weighted by Crippen LogP contribution is 2.33. The second kappa shape index (κ2) is 7.54. The number of nitrogens with one attached hydrogen (secondary N) is 1. The van der Waals surface area contributed by atoms with Gasteiger partial charge in [0, 0.05) is 17.0 Å². The van der Waals surface area contributed by atoms with Crippen molar-refractivity contribution in [2.45, 2.75) is 30.8 Å². The Labute approximate surface area is 167 Å². The molecule has 146 valence electrons. The van der Waals surface area contributed by atoms with Crippen LogP contribution in [-0.2, 0) is 23.0 Å². The zero-order chi connectivity index (χ0) is 19.7. The number of thiophene rings is 1. The van der Waals surface area contributed by atoms with Crippen molar-refractivity contribution < 1.29 is 17.6 Å². The Kier molecular flexibility index (Phi) is 5.09. The molecule has 0 fully saturated rings. The summed E-state index contributed by atoms with van der Waals surface area (Å²) >= 11 is 1.73. The number of sulfonamides is 1. The van der Waals surface area contributed by atoms with Crippen molar-refractivity contribution in [1.29, 1.82) is 0 Å². The predicted octanol–water partition coefficient (Wildman–Crippen LogP) is 3.58. The number of amides is 1. The van der Waals surface area contributed by atoms with Crippen LogP contribution in [0.15, 0.2) is 63.4 Å². The molecular formula is C20H20N2O4S2. The lowest BCUT2D eigenvalue weighted by molar-refractivity contribution is 0.0679. The van der Waals surface area contributed by atoms with Gasteiger partial charge in [0.15, 0.2) is 0 Å². The van der Waals surface area contributed by atoms with E-state index in [0.29, 0.717) is 17.9 Å². The van der Waals surface area contributed by atoms with Gasteiger partial charge >= 0.3 is 0 Å². The molecule has 0 spiro atoms. The highest BCUT2D eigenvalue weighted by molar-refractivity contribution is 7.89. The molecule has 0 aliphatic carbocycles. The van der Waals surface area contributed by atoms with E-state index in [1.165, 1.54) is 28.8 Å². The first kappa shape index (κ1) is 18.9. The molecule has 8 heteroatoms. The molecule has 1 aliphatic rings. The van der Waals surface area contributed by atoms with Gasteiger partial charge in [0.25, 0.3) is 5.91 Å². The van der Waals surface area contributed by atoms with E-state index in [1.54, 1.807) is 35.6 Å². The zero-order valence-electron chi connectivity index (χ0n) is 15.3. The second-order valence-corrected chi connectivity index (χ2v) is 9.42. The van der Waals surface area contributed by atoms with Gasteiger partial charge in [-0.1, -0.05) is 0 Å². The smallest absolute Gasteiger partial charge is 0.254 e. The van der Waals surface area contributed by atoms with Gasteiger partial charge in [-0.15, -0.1) is 11.3 Å². The van der Waals surface area contributed by atoms with E-state index < -0.39 is 10.0 Å². The van der Waals surface area contributed by atoms with Crippen molar-refractivity contribution in [2.75, 3.05) is 6.54 Å². The monoisotopic (exact) mass is 416 g/mol. The molecule has 28 heavy (non-hydrogen) atoms. The first-order chi connectivity index (χ1) is 13.5. The summed E-state index contributed by atoms with van der Waals surface area (Å²) in [5.41, 5.74) is 1.68. The highest BCUT2D eigenvalue weighted by atomic mass is 32.2. The Hall–Kier alpha value is -2.42. The van der Waals surface area contributed by atoms with Gasteiger partial charge in [-0.3, -0.25) is 4.79 Å². The Bertz CT molecular complexity index is 1070. The van der Waals surface area contributed by atoms with Crippen LogP contribution in [0.3, 0.4) is 0 Å². The fourth-order valence-electron chi connectivity index (χ4n) is 3.39.